The summed E-state index contributed by atoms with van der Waals surface area (Å²) in [4.78, 5) is 21.8. The van der Waals surface area contributed by atoms with Crippen LogP contribution in [-0.2, 0) is 11.3 Å². The Labute approximate surface area is 109 Å². The molecule has 1 aliphatic rings. The third-order valence-electron chi connectivity index (χ3n) is 3.14. The highest BCUT2D eigenvalue weighted by Gasteiger charge is 2.18. The number of aromatic carboxylic acids is 1. The smallest absolute Gasteiger partial charge is 0.335 e. The maximum Gasteiger partial charge on any atom is 0.335 e. The summed E-state index contributed by atoms with van der Waals surface area (Å²) in [5, 5.41) is 14.7. The molecule has 1 heterocycles. The highest BCUT2D eigenvalue weighted by Crippen LogP contribution is 2.12. The van der Waals surface area contributed by atoms with Gasteiger partial charge in [0.05, 0.1) is 5.56 Å². The van der Waals surface area contributed by atoms with Crippen molar-refractivity contribution >= 4 is 11.9 Å². The standard InChI is InChI=1S/C13H15FN2O3/c14-11-3-1-8(13(18)19)5-9(11)6-15-10-2-4-12(17)16-7-10/h1,3,5,10,15H,2,4,6-7H2,(H,16,17)(H,18,19). The number of halogens is 1. The molecule has 0 aromatic heterocycles. The van der Waals surface area contributed by atoms with Gasteiger partial charge in [-0.15, -0.1) is 0 Å². The van der Waals surface area contributed by atoms with Crippen molar-refractivity contribution in [2.45, 2.75) is 25.4 Å². The fraction of sp³-hybridized carbons (Fsp3) is 0.385. The second kappa shape index (κ2) is 5.79. The molecule has 0 bridgehead atoms. The van der Waals surface area contributed by atoms with Crippen LogP contribution in [0.1, 0.15) is 28.8 Å². The van der Waals surface area contributed by atoms with E-state index in [4.69, 9.17) is 5.11 Å². The first kappa shape index (κ1) is 13.5. The van der Waals surface area contributed by atoms with Crippen LogP contribution in [-0.4, -0.2) is 29.6 Å². The number of carbonyl (C=O) groups excluding carboxylic acids is 1. The van der Waals surface area contributed by atoms with Crippen LogP contribution in [0.25, 0.3) is 0 Å². The Balaban J connectivity index is 1.97. The summed E-state index contributed by atoms with van der Waals surface area (Å²) in [6, 6.07) is 3.81. The summed E-state index contributed by atoms with van der Waals surface area (Å²) in [7, 11) is 0. The van der Waals surface area contributed by atoms with Gasteiger partial charge in [0, 0.05) is 31.1 Å². The molecule has 1 fully saturated rings. The molecule has 1 unspecified atom stereocenters. The van der Waals surface area contributed by atoms with E-state index >= 15 is 0 Å². The number of nitrogens with one attached hydrogen (secondary N) is 2. The lowest BCUT2D eigenvalue weighted by atomic mass is 10.1. The molecule has 0 radical (unpaired) electrons. The normalized spacial score (nSPS) is 19.0. The molecular formula is C13H15FN2O3. The number of rotatable bonds is 4. The van der Waals surface area contributed by atoms with E-state index in [1.54, 1.807) is 0 Å². The van der Waals surface area contributed by atoms with E-state index in [0.717, 1.165) is 6.07 Å². The number of benzene rings is 1. The predicted octanol–water partition coefficient (Wildman–Crippen LogP) is 0.892. The van der Waals surface area contributed by atoms with Gasteiger partial charge in [0.25, 0.3) is 0 Å². The van der Waals surface area contributed by atoms with Crippen LogP contribution in [0.2, 0.25) is 0 Å². The average Bonchev–Trinajstić information content (AvgIpc) is 2.39. The summed E-state index contributed by atoms with van der Waals surface area (Å²) in [5.74, 6) is -1.49. The van der Waals surface area contributed by atoms with E-state index < -0.39 is 11.8 Å². The molecule has 0 spiro atoms. The Bertz CT molecular complexity index is 495. The van der Waals surface area contributed by atoms with E-state index in [0.29, 0.717) is 24.9 Å². The number of amides is 1. The molecule has 1 aromatic carbocycles. The molecule has 19 heavy (non-hydrogen) atoms. The van der Waals surface area contributed by atoms with Gasteiger partial charge < -0.3 is 15.7 Å². The quantitative estimate of drug-likeness (QED) is 0.756. The van der Waals surface area contributed by atoms with Gasteiger partial charge in [-0.1, -0.05) is 0 Å². The Morgan fingerprint density at radius 1 is 1.53 bits per heavy atom. The third-order valence-corrected chi connectivity index (χ3v) is 3.14. The highest BCUT2D eigenvalue weighted by molar-refractivity contribution is 5.87. The molecular weight excluding hydrogens is 251 g/mol. The molecule has 1 amide bonds. The first-order chi connectivity index (χ1) is 9.06. The second-order valence-electron chi connectivity index (χ2n) is 4.53. The van der Waals surface area contributed by atoms with E-state index in [1.165, 1.54) is 12.1 Å². The topological polar surface area (TPSA) is 78.4 Å². The Morgan fingerprint density at radius 2 is 2.32 bits per heavy atom. The molecule has 102 valence electrons. The zero-order chi connectivity index (χ0) is 13.8. The maximum absolute atomic E-state index is 13.5. The van der Waals surface area contributed by atoms with Gasteiger partial charge in [0.2, 0.25) is 5.91 Å². The maximum atomic E-state index is 13.5. The molecule has 1 saturated heterocycles. The molecule has 1 aliphatic heterocycles. The highest BCUT2D eigenvalue weighted by atomic mass is 19.1. The summed E-state index contributed by atoms with van der Waals surface area (Å²) in [6.07, 6.45) is 1.15. The van der Waals surface area contributed by atoms with E-state index in [9.17, 15) is 14.0 Å². The van der Waals surface area contributed by atoms with Gasteiger partial charge in [-0.05, 0) is 24.6 Å². The van der Waals surface area contributed by atoms with Gasteiger partial charge in [-0.3, -0.25) is 4.79 Å². The zero-order valence-electron chi connectivity index (χ0n) is 10.3. The minimum absolute atomic E-state index is 0.0251. The van der Waals surface area contributed by atoms with E-state index in [2.05, 4.69) is 10.6 Å². The minimum atomic E-state index is -1.08. The van der Waals surface area contributed by atoms with E-state index in [1.807, 2.05) is 0 Å². The van der Waals surface area contributed by atoms with Gasteiger partial charge >= 0.3 is 5.97 Å². The number of carboxylic acids is 1. The Kier molecular flexibility index (Phi) is 4.11. The van der Waals surface area contributed by atoms with Gasteiger partial charge in [-0.25, -0.2) is 9.18 Å². The summed E-state index contributed by atoms with van der Waals surface area (Å²) >= 11 is 0. The molecule has 5 nitrogen and oxygen atoms in total. The summed E-state index contributed by atoms with van der Waals surface area (Å²) in [6.45, 7) is 0.757. The van der Waals surface area contributed by atoms with Gasteiger partial charge in [0.1, 0.15) is 5.82 Å². The lowest BCUT2D eigenvalue weighted by Gasteiger charge is -2.23. The van der Waals surface area contributed by atoms with Crippen molar-refractivity contribution in [1.29, 1.82) is 0 Å². The van der Waals surface area contributed by atoms with Crippen molar-refractivity contribution in [1.82, 2.24) is 10.6 Å². The fourth-order valence-corrected chi connectivity index (χ4v) is 2.00. The Hall–Kier alpha value is -1.95. The SMILES string of the molecule is O=C1CCC(NCc2cc(C(=O)O)ccc2F)CN1. The van der Waals surface area contributed by atoms with Crippen molar-refractivity contribution in [3.63, 3.8) is 0 Å². The molecule has 2 rings (SSSR count). The van der Waals surface area contributed by atoms with Crippen molar-refractivity contribution in [2.75, 3.05) is 6.54 Å². The summed E-state index contributed by atoms with van der Waals surface area (Å²) < 4.78 is 13.5. The number of carbonyl (C=O) groups is 2. The summed E-state index contributed by atoms with van der Waals surface area (Å²) in [5.41, 5.74) is 0.381. The number of hydrogen-bond acceptors (Lipinski definition) is 3. The number of carboxylic acid groups (broad SMARTS) is 1. The zero-order valence-corrected chi connectivity index (χ0v) is 10.3. The lowest BCUT2D eigenvalue weighted by Crippen LogP contribution is -2.45. The number of piperidine rings is 1. The molecule has 0 aliphatic carbocycles. The third kappa shape index (κ3) is 3.51. The van der Waals surface area contributed by atoms with Crippen LogP contribution in [0, 0.1) is 5.82 Å². The largest absolute Gasteiger partial charge is 0.478 e. The van der Waals surface area contributed by atoms with Crippen LogP contribution < -0.4 is 10.6 Å². The van der Waals surface area contributed by atoms with Crippen molar-refractivity contribution < 1.29 is 19.1 Å². The first-order valence-electron chi connectivity index (χ1n) is 6.08. The van der Waals surface area contributed by atoms with Crippen molar-refractivity contribution in [3.8, 4) is 0 Å². The van der Waals surface area contributed by atoms with Crippen molar-refractivity contribution in [2.24, 2.45) is 0 Å². The Morgan fingerprint density at radius 3 is 2.95 bits per heavy atom. The molecule has 1 atom stereocenters. The van der Waals surface area contributed by atoms with Crippen LogP contribution in [0.3, 0.4) is 0 Å². The van der Waals surface area contributed by atoms with Crippen LogP contribution >= 0.6 is 0 Å². The van der Waals surface area contributed by atoms with Crippen LogP contribution in [0.5, 0.6) is 0 Å². The van der Waals surface area contributed by atoms with Gasteiger partial charge in [0.15, 0.2) is 0 Å². The van der Waals surface area contributed by atoms with Gasteiger partial charge in [-0.2, -0.15) is 0 Å². The van der Waals surface area contributed by atoms with Crippen LogP contribution in [0.15, 0.2) is 18.2 Å². The molecule has 6 heteroatoms. The average molecular weight is 266 g/mol. The van der Waals surface area contributed by atoms with Crippen molar-refractivity contribution in [3.05, 3.63) is 35.1 Å². The van der Waals surface area contributed by atoms with Crippen LogP contribution in [0.4, 0.5) is 4.39 Å². The fourth-order valence-electron chi connectivity index (χ4n) is 2.00. The molecule has 0 saturated carbocycles. The monoisotopic (exact) mass is 266 g/mol. The number of hydrogen-bond donors (Lipinski definition) is 3. The molecule has 1 aromatic rings. The second-order valence-corrected chi connectivity index (χ2v) is 4.53. The predicted molar refractivity (Wildman–Crippen MR) is 66.2 cm³/mol. The van der Waals surface area contributed by atoms with E-state index in [-0.39, 0.29) is 24.1 Å². The first-order valence-corrected chi connectivity index (χ1v) is 6.08. The lowest BCUT2D eigenvalue weighted by molar-refractivity contribution is -0.122. The minimum Gasteiger partial charge on any atom is -0.478 e. The molecule has 3 N–H and O–H groups in total.